The summed E-state index contributed by atoms with van der Waals surface area (Å²) in [6.07, 6.45) is 0.593. The van der Waals surface area contributed by atoms with E-state index in [0.29, 0.717) is 17.9 Å². The molecular formula is C26H23N5O2. The molecule has 0 unspecified atom stereocenters. The van der Waals surface area contributed by atoms with Gasteiger partial charge in [0, 0.05) is 11.3 Å². The van der Waals surface area contributed by atoms with Gasteiger partial charge < -0.3 is 9.84 Å². The van der Waals surface area contributed by atoms with Crippen molar-refractivity contribution in [1.82, 2.24) is 20.2 Å². The number of aryl methyl sites for hydroxylation is 2. The fraction of sp³-hybridized carbons (Fsp3) is 0.154. The molecule has 7 heteroatoms. The van der Waals surface area contributed by atoms with Crippen LogP contribution in [0.1, 0.15) is 34.2 Å². The average molecular weight is 438 g/mol. The summed E-state index contributed by atoms with van der Waals surface area (Å²) in [7, 11) is 0. The van der Waals surface area contributed by atoms with Crippen molar-refractivity contribution < 1.29 is 9.32 Å². The van der Waals surface area contributed by atoms with Crippen molar-refractivity contribution in [2.75, 3.05) is 5.32 Å². The van der Waals surface area contributed by atoms with E-state index >= 15 is 0 Å². The molecule has 0 fully saturated rings. The highest BCUT2D eigenvalue weighted by atomic mass is 16.5. The van der Waals surface area contributed by atoms with Crippen LogP contribution in [0.2, 0.25) is 0 Å². The van der Waals surface area contributed by atoms with Gasteiger partial charge >= 0.3 is 0 Å². The normalized spacial score (nSPS) is 11.1. The number of hydrogen-bond acceptors (Lipinski definition) is 5. The van der Waals surface area contributed by atoms with E-state index in [-0.39, 0.29) is 5.91 Å². The van der Waals surface area contributed by atoms with Crippen molar-refractivity contribution >= 4 is 22.5 Å². The second kappa shape index (κ2) is 8.35. The number of rotatable bonds is 5. The Labute approximate surface area is 191 Å². The van der Waals surface area contributed by atoms with Crippen LogP contribution in [0, 0.1) is 13.8 Å². The molecular weight excluding hydrogens is 414 g/mol. The van der Waals surface area contributed by atoms with Crippen LogP contribution in [0.3, 0.4) is 0 Å². The molecule has 0 atom stereocenters. The number of fused-ring (bicyclic) bond motifs is 1. The van der Waals surface area contributed by atoms with Crippen molar-refractivity contribution in [3.05, 3.63) is 89.2 Å². The highest BCUT2D eigenvalue weighted by molar-refractivity contribution is 6.04. The predicted molar refractivity (Wildman–Crippen MR) is 128 cm³/mol. The highest BCUT2D eigenvalue weighted by Crippen LogP contribution is 2.30. The number of nitrogens with zero attached hydrogens (tertiary/aromatic N) is 4. The molecule has 7 nitrogen and oxygen atoms in total. The summed E-state index contributed by atoms with van der Waals surface area (Å²) < 4.78 is 7.33. The number of amides is 1. The third kappa shape index (κ3) is 3.78. The van der Waals surface area contributed by atoms with Crippen molar-refractivity contribution in [3.8, 4) is 17.0 Å². The van der Waals surface area contributed by atoms with E-state index in [1.807, 2.05) is 87.5 Å². The Kier molecular flexibility index (Phi) is 5.22. The molecule has 1 amide bonds. The fourth-order valence-electron chi connectivity index (χ4n) is 3.91. The van der Waals surface area contributed by atoms with Crippen molar-refractivity contribution in [1.29, 1.82) is 0 Å². The minimum Gasteiger partial charge on any atom is -0.355 e. The minimum atomic E-state index is -0.275. The number of hydrogen-bond donors (Lipinski definition) is 1. The number of carbonyl (C=O) groups is 1. The first-order chi connectivity index (χ1) is 16.0. The average Bonchev–Trinajstić information content (AvgIpc) is 3.45. The lowest BCUT2D eigenvalue weighted by Crippen LogP contribution is -2.16. The Balaban J connectivity index is 1.53. The number of anilines is 1. The van der Waals surface area contributed by atoms with E-state index in [0.717, 1.165) is 44.7 Å². The molecule has 33 heavy (non-hydrogen) atoms. The number of carbonyl (C=O) groups excluding carboxylic acids is 1. The van der Waals surface area contributed by atoms with E-state index in [1.54, 1.807) is 4.68 Å². The predicted octanol–water partition coefficient (Wildman–Crippen LogP) is 5.51. The fourth-order valence-corrected chi connectivity index (χ4v) is 3.91. The number of aromatic nitrogens is 4. The van der Waals surface area contributed by atoms with Crippen LogP contribution in [0.15, 0.2) is 71.3 Å². The van der Waals surface area contributed by atoms with Gasteiger partial charge in [-0.05, 0) is 55.7 Å². The van der Waals surface area contributed by atoms with Gasteiger partial charge in [-0.2, -0.15) is 0 Å². The second-order valence-corrected chi connectivity index (χ2v) is 8.00. The van der Waals surface area contributed by atoms with E-state index in [9.17, 15) is 4.79 Å². The monoisotopic (exact) mass is 437 g/mol. The van der Waals surface area contributed by atoms with Crippen molar-refractivity contribution in [2.24, 2.45) is 0 Å². The summed E-state index contributed by atoms with van der Waals surface area (Å²) in [4.78, 5) is 13.1. The smallest absolute Gasteiger partial charge is 0.278 e. The SMILES string of the molecule is CCc1c(C(=O)Nc2cc(C)ccc2C)nnn1-c1ccc2noc(-c3ccccc3)c2c1. The maximum atomic E-state index is 13.1. The molecule has 0 bridgehead atoms. The zero-order valence-electron chi connectivity index (χ0n) is 18.7. The summed E-state index contributed by atoms with van der Waals surface area (Å²) in [5.74, 6) is 0.418. The van der Waals surface area contributed by atoms with Gasteiger partial charge in [-0.25, -0.2) is 4.68 Å². The Hall–Kier alpha value is -4.26. The molecule has 0 aliphatic rings. The standard InChI is InChI=1S/C26H23N5O2/c1-4-23-24(26(32)27-22-14-16(2)10-11-17(22)3)28-30-31(23)19-12-13-21-20(15-19)25(33-29-21)18-8-6-5-7-9-18/h5-15H,4H2,1-3H3,(H,27,32). The van der Waals surface area contributed by atoms with Gasteiger partial charge in [0.05, 0.1) is 16.8 Å². The first-order valence-electron chi connectivity index (χ1n) is 10.8. The highest BCUT2D eigenvalue weighted by Gasteiger charge is 2.21. The summed E-state index contributed by atoms with van der Waals surface area (Å²) in [5.41, 5.74) is 6.37. The molecule has 0 spiro atoms. The lowest BCUT2D eigenvalue weighted by molar-refractivity contribution is 0.102. The maximum Gasteiger partial charge on any atom is 0.278 e. The molecule has 1 N–H and O–H groups in total. The molecule has 164 valence electrons. The van der Waals surface area contributed by atoms with Gasteiger partial charge in [0.15, 0.2) is 11.5 Å². The van der Waals surface area contributed by atoms with Gasteiger partial charge in [-0.3, -0.25) is 4.79 Å². The first kappa shape index (κ1) is 20.6. The van der Waals surface area contributed by atoms with E-state index in [2.05, 4.69) is 20.8 Å². The summed E-state index contributed by atoms with van der Waals surface area (Å²) in [5, 5.41) is 16.6. The summed E-state index contributed by atoms with van der Waals surface area (Å²) in [6.45, 7) is 5.94. The van der Waals surface area contributed by atoms with Crippen LogP contribution >= 0.6 is 0 Å². The van der Waals surface area contributed by atoms with Crippen LogP contribution in [0.25, 0.3) is 27.9 Å². The molecule has 0 saturated carbocycles. The van der Waals surface area contributed by atoms with Gasteiger partial charge in [0.2, 0.25) is 0 Å². The third-order valence-corrected chi connectivity index (χ3v) is 5.70. The quantitative estimate of drug-likeness (QED) is 0.392. The topological polar surface area (TPSA) is 85.8 Å². The van der Waals surface area contributed by atoms with Crippen LogP contribution in [-0.2, 0) is 6.42 Å². The molecule has 0 aliphatic heterocycles. The lowest BCUT2D eigenvalue weighted by atomic mass is 10.1. The van der Waals surface area contributed by atoms with E-state index in [1.165, 1.54) is 0 Å². The Morgan fingerprint density at radius 3 is 2.64 bits per heavy atom. The molecule has 5 aromatic rings. The molecule has 5 rings (SSSR count). The Bertz CT molecular complexity index is 1470. The molecule has 0 aliphatic carbocycles. The van der Waals surface area contributed by atoms with Crippen LogP contribution in [0.4, 0.5) is 5.69 Å². The van der Waals surface area contributed by atoms with Crippen LogP contribution < -0.4 is 5.32 Å². The molecule has 0 radical (unpaired) electrons. The van der Waals surface area contributed by atoms with Gasteiger partial charge in [0.25, 0.3) is 5.91 Å². The van der Waals surface area contributed by atoms with E-state index in [4.69, 9.17) is 4.52 Å². The zero-order valence-corrected chi connectivity index (χ0v) is 18.7. The number of nitrogens with one attached hydrogen (secondary N) is 1. The molecule has 0 saturated heterocycles. The Morgan fingerprint density at radius 1 is 1.03 bits per heavy atom. The van der Waals surface area contributed by atoms with Gasteiger partial charge in [0.1, 0.15) is 5.52 Å². The maximum absolute atomic E-state index is 13.1. The summed E-state index contributed by atoms with van der Waals surface area (Å²) in [6, 6.07) is 21.6. The summed E-state index contributed by atoms with van der Waals surface area (Å²) >= 11 is 0. The van der Waals surface area contributed by atoms with Gasteiger partial charge in [-0.15, -0.1) is 5.10 Å². The minimum absolute atomic E-state index is 0.275. The molecule has 2 heterocycles. The zero-order chi connectivity index (χ0) is 22.9. The van der Waals surface area contributed by atoms with Crippen LogP contribution in [-0.4, -0.2) is 26.1 Å². The largest absolute Gasteiger partial charge is 0.355 e. The molecule has 2 aromatic heterocycles. The van der Waals surface area contributed by atoms with Crippen molar-refractivity contribution in [2.45, 2.75) is 27.2 Å². The third-order valence-electron chi connectivity index (χ3n) is 5.70. The van der Waals surface area contributed by atoms with Gasteiger partial charge in [-0.1, -0.05) is 59.8 Å². The number of benzene rings is 3. The molecule has 3 aromatic carbocycles. The second-order valence-electron chi connectivity index (χ2n) is 8.00. The van der Waals surface area contributed by atoms with Crippen LogP contribution in [0.5, 0.6) is 0 Å². The van der Waals surface area contributed by atoms with Crippen molar-refractivity contribution in [3.63, 3.8) is 0 Å². The Morgan fingerprint density at radius 2 is 1.85 bits per heavy atom. The lowest BCUT2D eigenvalue weighted by Gasteiger charge is -2.09. The van der Waals surface area contributed by atoms with E-state index < -0.39 is 0 Å². The first-order valence-corrected chi connectivity index (χ1v) is 10.8.